The fourth-order valence-electron chi connectivity index (χ4n) is 1.52. The summed E-state index contributed by atoms with van der Waals surface area (Å²) in [5.74, 6) is 1.11. The van der Waals surface area contributed by atoms with Crippen molar-refractivity contribution in [3.05, 3.63) is 12.2 Å². The van der Waals surface area contributed by atoms with E-state index >= 15 is 0 Å². The van der Waals surface area contributed by atoms with Crippen molar-refractivity contribution < 1.29 is 0 Å². The first kappa shape index (κ1) is 11.2. The number of aromatic nitrogens is 3. The van der Waals surface area contributed by atoms with Gasteiger partial charge in [-0.2, -0.15) is 0 Å². The van der Waals surface area contributed by atoms with Crippen molar-refractivity contribution in [1.29, 1.82) is 0 Å². The van der Waals surface area contributed by atoms with E-state index in [9.17, 15) is 0 Å². The molecule has 0 radical (unpaired) electrons. The van der Waals surface area contributed by atoms with Crippen LogP contribution in [0.25, 0.3) is 0 Å². The molecule has 1 rings (SSSR count). The van der Waals surface area contributed by atoms with Crippen LogP contribution in [0.2, 0.25) is 0 Å². The van der Waals surface area contributed by atoms with Crippen LogP contribution in [0.3, 0.4) is 0 Å². The molecule has 0 spiro atoms. The minimum atomic E-state index is 0.811. The second-order valence-corrected chi connectivity index (χ2v) is 3.49. The Morgan fingerprint density at radius 1 is 1.29 bits per heavy atom. The fraction of sp³-hybridized carbons (Fsp3) is 0.800. The molecule has 1 aromatic heterocycles. The molecule has 80 valence electrons. The third kappa shape index (κ3) is 3.46. The Hall–Kier alpha value is -0.900. The van der Waals surface area contributed by atoms with Gasteiger partial charge in [-0.25, -0.2) is 0 Å². The van der Waals surface area contributed by atoms with Crippen LogP contribution in [0, 0.1) is 0 Å². The summed E-state index contributed by atoms with van der Waals surface area (Å²) in [5.41, 5.74) is 5.42. The minimum Gasteiger partial charge on any atom is -0.330 e. The molecular weight excluding hydrogens is 176 g/mol. The van der Waals surface area contributed by atoms with Crippen molar-refractivity contribution in [2.24, 2.45) is 5.73 Å². The van der Waals surface area contributed by atoms with Crippen LogP contribution in [-0.2, 0) is 13.0 Å². The smallest absolute Gasteiger partial charge is 0.132 e. The second-order valence-electron chi connectivity index (χ2n) is 3.49. The van der Waals surface area contributed by atoms with E-state index in [4.69, 9.17) is 5.73 Å². The molecule has 0 aromatic carbocycles. The summed E-state index contributed by atoms with van der Waals surface area (Å²) in [4.78, 5) is 0. The molecule has 0 atom stereocenters. The highest BCUT2D eigenvalue weighted by molar-refractivity contribution is 4.85. The molecule has 14 heavy (non-hydrogen) atoms. The summed E-state index contributed by atoms with van der Waals surface area (Å²) >= 11 is 0. The molecule has 4 nitrogen and oxygen atoms in total. The Morgan fingerprint density at radius 2 is 2.07 bits per heavy atom. The average Bonchev–Trinajstić information content (AvgIpc) is 2.65. The number of hydrogen-bond acceptors (Lipinski definition) is 3. The number of hydrogen-bond donors (Lipinski definition) is 1. The number of rotatable bonds is 7. The normalized spacial score (nSPS) is 10.7. The lowest BCUT2D eigenvalue weighted by atomic mass is 10.1. The number of nitrogens with zero attached hydrogens (tertiary/aromatic N) is 3. The van der Waals surface area contributed by atoms with Gasteiger partial charge in [0, 0.05) is 13.0 Å². The van der Waals surface area contributed by atoms with Crippen LogP contribution < -0.4 is 5.73 Å². The number of unbranched alkanes of at least 4 members (excludes halogenated alkanes) is 3. The van der Waals surface area contributed by atoms with E-state index in [0.29, 0.717) is 0 Å². The molecule has 0 amide bonds. The molecule has 0 aliphatic rings. The molecule has 0 saturated heterocycles. The van der Waals surface area contributed by atoms with E-state index in [2.05, 4.69) is 21.7 Å². The van der Waals surface area contributed by atoms with Gasteiger partial charge in [0.1, 0.15) is 12.2 Å². The van der Waals surface area contributed by atoms with E-state index in [0.717, 1.165) is 31.8 Å². The molecule has 2 N–H and O–H groups in total. The van der Waals surface area contributed by atoms with Crippen molar-refractivity contribution in [3.8, 4) is 0 Å². The summed E-state index contributed by atoms with van der Waals surface area (Å²) in [6.45, 7) is 3.89. The molecule has 4 heteroatoms. The van der Waals surface area contributed by atoms with Crippen LogP contribution >= 0.6 is 0 Å². The Labute approximate surface area is 85.5 Å². The molecule has 1 aromatic rings. The highest BCUT2D eigenvalue weighted by atomic mass is 15.3. The van der Waals surface area contributed by atoms with Crippen LogP contribution in [0.5, 0.6) is 0 Å². The van der Waals surface area contributed by atoms with Crippen molar-refractivity contribution in [2.75, 3.05) is 6.54 Å². The van der Waals surface area contributed by atoms with Crippen LogP contribution in [-0.4, -0.2) is 21.3 Å². The monoisotopic (exact) mass is 196 g/mol. The maximum atomic E-state index is 5.42. The maximum Gasteiger partial charge on any atom is 0.132 e. The zero-order chi connectivity index (χ0) is 10.2. The van der Waals surface area contributed by atoms with Crippen molar-refractivity contribution in [1.82, 2.24) is 14.8 Å². The first-order chi connectivity index (χ1) is 6.88. The predicted octanol–water partition coefficient (Wildman–Crippen LogP) is 1.36. The number of nitrogens with two attached hydrogens (primary N) is 1. The van der Waals surface area contributed by atoms with Crippen LogP contribution in [0.15, 0.2) is 6.33 Å². The zero-order valence-electron chi connectivity index (χ0n) is 8.95. The lowest BCUT2D eigenvalue weighted by Gasteiger charge is -2.02. The Morgan fingerprint density at radius 3 is 2.79 bits per heavy atom. The van der Waals surface area contributed by atoms with Gasteiger partial charge in [-0.05, 0) is 26.3 Å². The van der Waals surface area contributed by atoms with Gasteiger partial charge in [0.2, 0.25) is 0 Å². The van der Waals surface area contributed by atoms with Gasteiger partial charge in [0.05, 0.1) is 0 Å². The molecule has 0 aliphatic heterocycles. The largest absolute Gasteiger partial charge is 0.330 e. The van der Waals surface area contributed by atoms with Crippen molar-refractivity contribution >= 4 is 0 Å². The van der Waals surface area contributed by atoms with Gasteiger partial charge in [-0.15, -0.1) is 10.2 Å². The van der Waals surface area contributed by atoms with E-state index in [-0.39, 0.29) is 0 Å². The fourth-order valence-corrected chi connectivity index (χ4v) is 1.52. The van der Waals surface area contributed by atoms with E-state index in [1.165, 1.54) is 19.3 Å². The minimum absolute atomic E-state index is 0.811. The zero-order valence-corrected chi connectivity index (χ0v) is 8.95. The maximum absolute atomic E-state index is 5.42. The molecule has 1 heterocycles. The summed E-state index contributed by atoms with van der Waals surface area (Å²) in [5, 5.41) is 7.99. The van der Waals surface area contributed by atoms with Gasteiger partial charge in [-0.1, -0.05) is 12.8 Å². The predicted molar refractivity (Wildman–Crippen MR) is 56.9 cm³/mol. The Bertz CT molecular complexity index is 244. The van der Waals surface area contributed by atoms with Gasteiger partial charge < -0.3 is 10.3 Å². The van der Waals surface area contributed by atoms with Gasteiger partial charge in [0.25, 0.3) is 0 Å². The summed E-state index contributed by atoms with van der Waals surface area (Å²) < 4.78 is 2.10. The summed E-state index contributed by atoms with van der Waals surface area (Å²) in [7, 11) is 0. The highest BCUT2D eigenvalue weighted by Crippen LogP contribution is 2.05. The Kier molecular flexibility index (Phi) is 5.22. The van der Waals surface area contributed by atoms with Crippen molar-refractivity contribution in [3.63, 3.8) is 0 Å². The standard InChI is InChI=1S/C10H20N4/c1-2-14-9-12-13-10(14)7-5-3-4-6-8-11/h9H,2-8,11H2,1H3. The molecule has 0 aliphatic carbocycles. The van der Waals surface area contributed by atoms with Gasteiger partial charge in [0.15, 0.2) is 0 Å². The topological polar surface area (TPSA) is 56.7 Å². The lowest BCUT2D eigenvalue weighted by molar-refractivity contribution is 0.611. The third-order valence-corrected chi connectivity index (χ3v) is 2.39. The quantitative estimate of drug-likeness (QED) is 0.670. The molecule has 0 saturated carbocycles. The van der Waals surface area contributed by atoms with E-state index in [1.807, 2.05) is 0 Å². The van der Waals surface area contributed by atoms with Crippen molar-refractivity contribution in [2.45, 2.75) is 45.6 Å². The SMILES string of the molecule is CCn1cnnc1CCCCCCN. The first-order valence-corrected chi connectivity index (χ1v) is 5.45. The van der Waals surface area contributed by atoms with Crippen LogP contribution in [0.4, 0.5) is 0 Å². The Balaban J connectivity index is 2.17. The molecule has 0 bridgehead atoms. The summed E-state index contributed by atoms with van der Waals surface area (Å²) in [6, 6.07) is 0. The van der Waals surface area contributed by atoms with Gasteiger partial charge >= 0.3 is 0 Å². The molecule has 0 unspecified atom stereocenters. The molecule has 0 fully saturated rings. The summed E-state index contributed by atoms with van der Waals surface area (Å²) in [6.07, 6.45) is 7.65. The second kappa shape index (κ2) is 6.54. The van der Waals surface area contributed by atoms with Gasteiger partial charge in [-0.3, -0.25) is 0 Å². The highest BCUT2D eigenvalue weighted by Gasteiger charge is 2.01. The molecular formula is C10H20N4. The first-order valence-electron chi connectivity index (χ1n) is 5.45. The number of aryl methyl sites for hydroxylation is 2. The third-order valence-electron chi connectivity index (χ3n) is 2.39. The average molecular weight is 196 g/mol. The van der Waals surface area contributed by atoms with E-state index < -0.39 is 0 Å². The van der Waals surface area contributed by atoms with Crippen LogP contribution in [0.1, 0.15) is 38.4 Å². The van der Waals surface area contributed by atoms with E-state index in [1.54, 1.807) is 6.33 Å². The lowest BCUT2D eigenvalue weighted by Crippen LogP contribution is -2.01.